The van der Waals surface area contributed by atoms with Crippen molar-refractivity contribution in [2.45, 2.75) is 26.4 Å². The van der Waals surface area contributed by atoms with E-state index >= 15 is 0 Å². The summed E-state index contributed by atoms with van der Waals surface area (Å²) in [7, 11) is 0. The molecule has 0 spiro atoms. The van der Waals surface area contributed by atoms with Crippen LogP contribution in [0.3, 0.4) is 0 Å². The van der Waals surface area contributed by atoms with Crippen molar-refractivity contribution in [2.75, 3.05) is 13.1 Å². The van der Waals surface area contributed by atoms with Crippen LogP contribution < -0.4 is 5.73 Å². The molecule has 7 nitrogen and oxygen atoms in total. The lowest BCUT2D eigenvalue weighted by atomic mass is 9.94. The molecule has 2 amide bonds. The molecule has 1 aliphatic rings. The number of hydrogen-bond donors (Lipinski definition) is 2. The summed E-state index contributed by atoms with van der Waals surface area (Å²) < 4.78 is 5.45. The van der Waals surface area contributed by atoms with Gasteiger partial charge >= 0.3 is 6.09 Å². The highest BCUT2D eigenvalue weighted by atomic mass is 16.6. The van der Waals surface area contributed by atoms with Gasteiger partial charge in [0.2, 0.25) is 5.91 Å². The monoisotopic (exact) mass is 342 g/mol. The Morgan fingerprint density at radius 2 is 2.16 bits per heavy atom. The van der Waals surface area contributed by atoms with Gasteiger partial charge in [0.25, 0.3) is 0 Å². The number of aromatic amines is 1. The molecule has 0 fully saturated rings. The Balaban J connectivity index is 1.95. The van der Waals surface area contributed by atoms with Crippen molar-refractivity contribution in [1.29, 1.82) is 0 Å². The number of hydrogen-bond acceptors (Lipinski definition) is 4. The molecule has 132 valence electrons. The molecule has 3 N–H and O–H groups in total. The lowest BCUT2D eigenvalue weighted by Gasteiger charge is -2.32. The molecule has 7 heteroatoms. The first-order valence-corrected chi connectivity index (χ1v) is 8.15. The normalized spacial score (nSPS) is 18.1. The quantitative estimate of drug-likeness (QED) is 0.874. The first-order chi connectivity index (χ1) is 11.7. The van der Waals surface area contributed by atoms with Gasteiger partial charge in [-0.2, -0.15) is 0 Å². The second-order valence-electron chi connectivity index (χ2n) is 7.16. The Morgan fingerprint density at radius 3 is 2.84 bits per heavy atom. The van der Waals surface area contributed by atoms with E-state index in [0.29, 0.717) is 6.54 Å². The highest BCUT2D eigenvalue weighted by Gasteiger charge is 2.31. The second-order valence-corrected chi connectivity index (χ2v) is 7.16. The van der Waals surface area contributed by atoms with Gasteiger partial charge in [0, 0.05) is 36.4 Å². The molecule has 0 aromatic carbocycles. The summed E-state index contributed by atoms with van der Waals surface area (Å²) in [5.41, 5.74) is 7.40. The number of amides is 2. The topological polar surface area (TPSA) is 101 Å². The molecule has 2 aromatic rings. The van der Waals surface area contributed by atoms with Crippen LogP contribution in [0.5, 0.6) is 0 Å². The molecule has 1 atom stereocenters. The largest absolute Gasteiger partial charge is 0.444 e. The number of aromatic nitrogens is 2. The van der Waals surface area contributed by atoms with Crippen molar-refractivity contribution < 1.29 is 14.3 Å². The van der Waals surface area contributed by atoms with Gasteiger partial charge in [-0.25, -0.2) is 9.78 Å². The van der Waals surface area contributed by atoms with Crippen molar-refractivity contribution in [3.63, 3.8) is 0 Å². The molecule has 0 radical (unpaired) electrons. The van der Waals surface area contributed by atoms with E-state index in [1.165, 1.54) is 4.90 Å². The summed E-state index contributed by atoms with van der Waals surface area (Å²) in [5, 5.41) is 0.933. The van der Waals surface area contributed by atoms with Gasteiger partial charge in [-0.3, -0.25) is 4.79 Å². The molecule has 25 heavy (non-hydrogen) atoms. The summed E-state index contributed by atoms with van der Waals surface area (Å²) in [6.07, 6.45) is 4.91. The Hall–Kier alpha value is -2.83. The van der Waals surface area contributed by atoms with E-state index in [1.54, 1.807) is 6.20 Å². The summed E-state index contributed by atoms with van der Waals surface area (Å²) in [6, 6.07) is 3.79. The first-order valence-electron chi connectivity index (χ1n) is 8.15. The van der Waals surface area contributed by atoms with Gasteiger partial charge in [0.15, 0.2) is 0 Å². The standard InChI is InChI=1S/C18H22N4O3/c1-18(2,3)25-17(24)22-9-11(7-12(10-22)15(19)23)14-8-21-16-13(14)5-4-6-20-16/h4-8,12H,9-10H2,1-3H3,(H2,19,23)(H,20,21). The van der Waals surface area contributed by atoms with E-state index in [-0.39, 0.29) is 6.54 Å². The highest BCUT2D eigenvalue weighted by Crippen LogP contribution is 2.29. The molecule has 1 unspecified atom stereocenters. The highest BCUT2D eigenvalue weighted by molar-refractivity contribution is 5.93. The van der Waals surface area contributed by atoms with Crippen LogP contribution in [-0.2, 0) is 9.53 Å². The number of nitrogens with one attached hydrogen (secondary N) is 1. The average molecular weight is 342 g/mol. The number of nitrogens with two attached hydrogens (primary N) is 1. The van der Waals surface area contributed by atoms with Gasteiger partial charge in [0.05, 0.1) is 5.92 Å². The van der Waals surface area contributed by atoms with Gasteiger partial charge in [-0.1, -0.05) is 6.08 Å². The average Bonchev–Trinajstić information content (AvgIpc) is 2.97. The van der Waals surface area contributed by atoms with Crippen LogP contribution in [0.2, 0.25) is 0 Å². The minimum atomic E-state index is -0.606. The zero-order chi connectivity index (χ0) is 18.2. The zero-order valence-electron chi connectivity index (χ0n) is 14.6. The number of fused-ring (bicyclic) bond motifs is 1. The van der Waals surface area contributed by atoms with Crippen LogP contribution in [0.4, 0.5) is 4.79 Å². The third-order valence-corrected chi connectivity index (χ3v) is 3.99. The maximum Gasteiger partial charge on any atom is 0.410 e. The number of ether oxygens (including phenoxy) is 1. The van der Waals surface area contributed by atoms with Crippen LogP contribution in [0.15, 0.2) is 30.6 Å². The number of H-pyrrole nitrogens is 1. The Kier molecular flexibility index (Phi) is 4.24. The van der Waals surface area contributed by atoms with Gasteiger partial charge in [-0.05, 0) is 38.5 Å². The fourth-order valence-electron chi connectivity index (χ4n) is 2.89. The van der Waals surface area contributed by atoms with E-state index in [2.05, 4.69) is 9.97 Å². The predicted molar refractivity (Wildman–Crippen MR) is 94.6 cm³/mol. The lowest BCUT2D eigenvalue weighted by Crippen LogP contribution is -2.45. The molecule has 0 bridgehead atoms. The van der Waals surface area contributed by atoms with E-state index in [4.69, 9.17) is 10.5 Å². The minimum Gasteiger partial charge on any atom is -0.444 e. The van der Waals surface area contributed by atoms with Crippen LogP contribution in [0.25, 0.3) is 16.6 Å². The number of primary amides is 1. The van der Waals surface area contributed by atoms with Crippen molar-refractivity contribution in [3.05, 3.63) is 36.2 Å². The van der Waals surface area contributed by atoms with Crippen LogP contribution >= 0.6 is 0 Å². The van der Waals surface area contributed by atoms with Gasteiger partial charge in [0.1, 0.15) is 11.2 Å². The third-order valence-electron chi connectivity index (χ3n) is 3.99. The van der Waals surface area contributed by atoms with Crippen molar-refractivity contribution in [1.82, 2.24) is 14.9 Å². The van der Waals surface area contributed by atoms with Crippen molar-refractivity contribution in [3.8, 4) is 0 Å². The maximum atomic E-state index is 12.5. The fourth-order valence-corrected chi connectivity index (χ4v) is 2.89. The first kappa shape index (κ1) is 17.0. The lowest BCUT2D eigenvalue weighted by molar-refractivity contribution is -0.120. The van der Waals surface area contributed by atoms with E-state index in [1.807, 2.05) is 45.2 Å². The Morgan fingerprint density at radius 1 is 1.40 bits per heavy atom. The number of pyridine rings is 1. The molecule has 0 saturated heterocycles. The number of nitrogens with zero attached hydrogens (tertiary/aromatic N) is 2. The molecule has 3 rings (SSSR count). The van der Waals surface area contributed by atoms with Crippen molar-refractivity contribution >= 4 is 28.6 Å². The smallest absolute Gasteiger partial charge is 0.410 e. The van der Waals surface area contributed by atoms with Crippen LogP contribution in [-0.4, -0.2) is 45.6 Å². The molecular formula is C18H22N4O3. The predicted octanol–water partition coefficient (Wildman–Crippen LogP) is 2.30. The molecule has 0 aliphatic carbocycles. The Bertz CT molecular complexity index is 847. The number of carbonyl (C=O) groups is 2. The van der Waals surface area contributed by atoms with E-state index in [0.717, 1.165) is 22.2 Å². The molecule has 2 aromatic heterocycles. The molecule has 1 aliphatic heterocycles. The maximum absolute atomic E-state index is 12.5. The van der Waals surface area contributed by atoms with E-state index < -0.39 is 23.5 Å². The number of rotatable bonds is 2. The molecule has 3 heterocycles. The molecular weight excluding hydrogens is 320 g/mol. The number of carbonyl (C=O) groups excluding carboxylic acids is 2. The van der Waals surface area contributed by atoms with Crippen LogP contribution in [0, 0.1) is 5.92 Å². The Labute approximate surface area is 145 Å². The SMILES string of the molecule is CC(C)(C)OC(=O)N1CC(c2c[nH]c3ncccc23)=CC(C(N)=O)C1. The summed E-state index contributed by atoms with van der Waals surface area (Å²) in [4.78, 5) is 33.1. The van der Waals surface area contributed by atoms with Crippen molar-refractivity contribution in [2.24, 2.45) is 11.7 Å². The minimum absolute atomic E-state index is 0.217. The summed E-state index contributed by atoms with van der Waals surface area (Å²) in [5.74, 6) is -1.03. The third kappa shape index (κ3) is 3.65. The van der Waals surface area contributed by atoms with Gasteiger partial charge < -0.3 is 20.4 Å². The zero-order valence-corrected chi connectivity index (χ0v) is 14.6. The molecule has 0 saturated carbocycles. The van der Waals surface area contributed by atoms with E-state index in [9.17, 15) is 9.59 Å². The summed E-state index contributed by atoms with van der Waals surface area (Å²) in [6.45, 7) is 5.99. The fraction of sp³-hybridized carbons (Fsp3) is 0.389. The summed E-state index contributed by atoms with van der Waals surface area (Å²) >= 11 is 0. The second kappa shape index (κ2) is 6.23. The van der Waals surface area contributed by atoms with Crippen LogP contribution in [0.1, 0.15) is 26.3 Å². The van der Waals surface area contributed by atoms with Gasteiger partial charge in [-0.15, -0.1) is 0 Å².